The normalized spacial score (nSPS) is 27.9. The summed E-state index contributed by atoms with van der Waals surface area (Å²) in [5.41, 5.74) is 6.84. The molecule has 0 unspecified atom stereocenters. The molecule has 2 aliphatic heterocycles. The predicted molar refractivity (Wildman–Crippen MR) is 193 cm³/mol. The highest BCUT2D eigenvalue weighted by atomic mass is 16.5. The molecule has 258 valence electrons. The Kier molecular flexibility index (Phi) is 9.21. The lowest BCUT2D eigenvalue weighted by Crippen LogP contribution is -2.52. The molecule has 2 N–H and O–H groups in total. The summed E-state index contributed by atoms with van der Waals surface area (Å²) in [5, 5.41) is 14.2. The summed E-state index contributed by atoms with van der Waals surface area (Å²) in [6.45, 7) is 9.58. The number of phenols is 1. The average molecular weight is 662 g/mol. The second kappa shape index (κ2) is 13.4. The first-order valence-electron chi connectivity index (χ1n) is 18.6. The molecular weight excluding hydrogens is 610 g/mol. The fraction of sp³-hybridized carbons (Fsp3) is 0.488. The number of ether oxygens (including phenoxy) is 2. The van der Waals surface area contributed by atoms with Crippen LogP contribution in [0, 0.1) is 35.0 Å². The lowest BCUT2D eigenvalue weighted by atomic mass is 9.44. The number of cyclic esters (lactones) is 2. The molecule has 1 spiro atoms. The molecule has 1 saturated heterocycles. The summed E-state index contributed by atoms with van der Waals surface area (Å²) in [6.07, 6.45) is 12.6. The van der Waals surface area contributed by atoms with Gasteiger partial charge in [0.1, 0.15) is 17.3 Å². The van der Waals surface area contributed by atoms with E-state index in [1.54, 1.807) is 6.07 Å². The van der Waals surface area contributed by atoms with E-state index in [4.69, 9.17) is 9.47 Å². The number of rotatable bonds is 11. The van der Waals surface area contributed by atoms with E-state index in [1.165, 1.54) is 0 Å². The molecule has 8 rings (SSSR count). The zero-order valence-corrected chi connectivity index (χ0v) is 29.7. The maximum atomic E-state index is 14.5. The van der Waals surface area contributed by atoms with Crippen LogP contribution in [0.25, 0.3) is 16.7 Å². The number of esters is 2. The van der Waals surface area contributed by atoms with E-state index < -0.39 is 5.41 Å². The molecule has 2 heterocycles. The van der Waals surface area contributed by atoms with E-state index in [9.17, 15) is 14.7 Å². The van der Waals surface area contributed by atoms with Gasteiger partial charge in [-0.25, -0.2) is 9.59 Å². The molecule has 2 fully saturated rings. The lowest BCUT2D eigenvalue weighted by Gasteiger charge is -2.56. The molecule has 5 atom stereocenters. The van der Waals surface area contributed by atoms with Crippen molar-refractivity contribution in [1.82, 2.24) is 5.32 Å². The maximum Gasteiger partial charge on any atom is 0.340 e. The van der Waals surface area contributed by atoms with Crippen LogP contribution in [0.3, 0.4) is 0 Å². The van der Waals surface area contributed by atoms with Crippen LogP contribution in [0.1, 0.15) is 96.6 Å². The molecule has 2 aromatic rings. The minimum Gasteiger partial charge on any atom is -0.508 e. The third-order valence-corrected chi connectivity index (χ3v) is 11.9. The van der Waals surface area contributed by atoms with Crippen molar-refractivity contribution in [2.24, 2.45) is 35.0 Å². The number of phenolic OH excluding ortho intramolecular Hbond substituents is 1. The molecule has 6 aliphatic rings. The first-order chi connectivity index (χ1) is 23.7. The summed E-state index contributed by atoms with van der Waals surface area (Å²) in [4.78, 5) is 28.5. The Morgan fingerprint density at radius 2 is 1.84 bits per heavy atom. The van der Waals surface area contributed by atoms with Crippen LogP contribution >= 0.6 is 0 Å². The maximum absolute atomic E-state index is 14.5. The summed E-state index contributed by atoms with van der Waals surface area (Å²) in [6, 6.07) is 14.0. The van der Waals surface area contributed by atoms with Crippen molar-refractivity contribution in [2.45, 2.75) is 92.0 Å². The molecular formula is C43H51NO5. The van der Waals surface area contributed by atoms with Crippen LogP contribution in [0.15, 0.2) is 82.9 Å². The highest BCUT2D eigenvalue weighted by molar-refractivity contribution is 6.07. The van der Waals surface area contributed by atoms with E-state index in [0.717, 1.165) is 115 Å². The van der Waals surface area contributed by atoms with E-state index >= 15 is 0 Å². The van der Waals surface area contributed by atoms with Crippen LogP contribution in [0.5, 0.6) is 5.75 Å². The summed E-state index contributed by atoms with van der Waals surface area (Å²) < 4.78 is 12.5. The largest absolute Gasteiger partial charge is 0.508 e. The van der Waals surface area contributed by atoms with Crippen LogP contribution in [0.2, 0.25) is 0 Å². The minimum atomic E-state index is -0.756. The van der Waals surface area contributed by atoms with Gasteiger partial charge in [0.2, 0.25) is 0 Å². The Bertz CT molecular complexity index is 1790. The van der Waals surface area contributed by atoms with Gasteiger partial charge in [-0.05, 0) is 134 Å². The number of hydrogen-bond donors (Lipinski definition) is 2. The number of carbonyl (C=O) groups excluding carboxylic acids is 2. The first-order valence-corrected chi connectivity index (χ1v) is 18.6. The van der Waals surface area contributed by atoms with Gasteiger partial charge in [0.25, 0.3) is 0 Å². The number of benzene rings is 2. The van der Waals surface area contributed by atoms with Gasteiger partial charge >= 0.3 is 11.9 Å². The second-order valence-corrected chi connectivity index (χ2v) is 15.2. The van der Waals surface area contributed by atoms with Gasteiger partial charge in [-0.3, -0.25) is 0 Å². The van der Waals surface area contributed by atoms with Gasteiger partial charge < -0.3 is 19.9 Å². The number of nitrogens with one attached hydrogen (secondary N) is 1. The Morgan fingerprint density at radius 3 is 2.59 bits per heavy atom. The highest BCUT2D eigenvalue weighted by Gasteiger charge is 2.68. The number of fused-ring (bicyclic) bond motifs is 1. The molecule has 0 radical (unpaired) electrons. The number of carbonyl (C=O) groups is 2. The Balaban J connectivity index is 1.47. The summed E-state index contributed by atoms with van der Waals surface area (Å²) in [5.74, 6) is 1.92. The third-order valence-electron chi connectivity index (χ3n) is 11.9. The van der Waals surface area contributed by atoms with Crippen LogP contribution in [-0.2, 0) is 25.6 Å². The Labute approximate surface area is 291 Å². The SMILES string of the molecule is CCCC=C1OC(=O)C2=C1CC[C@H]1[C@@H]3CC[C@]4(C(=C[C@H](CC)CCC(C)C)OC(=O)C4=C3c3cc(O)ccc3-c3cccc(CNC)c3)[C@H]21. The molecule has 49 heavy (non-hydrogen) atoms. The summed E-state index contributed by atoms with van der Waals surface area (Å²) in [7, 11) is 1.94. The van der Waals surface area contributed by atoms with Crippen molar-refractivity contribution in [3.63, 3.8) is 0 Å². The van der Waals surface area contributed by atoms with Gasteiger partial charge in [0, 0.05) is 23.6 Å². The monoisotopic (exact) mass is 661 g/mol. The smallest absolute Gasteiger partial charge is 0.340 e. The standard InChI is InChI=1S/C43H51NO5/c1-6-8-12-35-33-18-17-32-31-19-20-43(39(32)38(33)41(46)48-35)36(22-26(7-2)14-13-25(3)4)49-42(47)40(43)37(31)34-23-29(45)15-16-30(34)28-11-9-10-27(21-28)24-44-5/h9-12,15-16,21-23,25-26,31-32,39,44-45H,6-8,13-14,17-20,24H2,1-5H3/t26-,31+,32+,39+,43+/m1/s1. The van der Waals surface area contributed by atoms with Crippen molar-refractivity contribution < 1.29 is 24.2 Å². The molecule has 2 bridgehead atoms. The van der Waals surface area contributed by atoms with Crippen LogP contribution in [-0.4, -0.2) is 24.1 Å². The van der Waals surface area contributed by atoms with E-state index in [2.05, 4.69) is 69.4 Å². The number of aromatic hydroxyl groups is 1. The fourth-order valence-corrected chi connectivity index (χ4v) is 9.72. The Morgan fingerprint density at radius 1 is 1.00 bits per heavy atom. The van der Waals surface area contributed by atoms with Crippen molar-refractivity contribution in [2.75, 3.05) is 7.05 Å². The van der Waals surface area contributed by atoms with Crippen molar-refractivity contribution in [1.29, 1.82) is 0 Å². The van der Waals surface area contributed by atoms with Gasteiger partial charge in [0.05, 0.1) is 11.0 Å². The number of unbranched alkanes of at least 4 members (excludes halogenated alkanes) is 1. The molecule has 6 heteroatoms. The van der Waals surface area contributed by atoms with Crippen molar-refractivity contribution in [3.8, 4) is 16.9 Å². The quantitative estimate of drug-likeness (QED) is 0.234. The third kappa shape index (κ3) is 5.60. The number of allylic oxidation sites excluding steroid dienone is 5. The van der Waals surface area contributed by atoms with E-state index in [0.29, 0.717) is 11.5 Å². The fourth-order valence-electron chi connectivity index (χ4n) is 9.72. The number of hydrogen-bond acceptors (Lipinski definition) is 6. The van der Waals surface area contributed by atoms with E-state index in [1.807, 2.05) is 19.2 Å². The zero-order chi connectivity index (χ0) is 34.4. The predicted octanol–water partition coefficient (Wildman–Crippen LogP) is 9.41. The molecule has 6 nitrogen and oxygen atoms in total. The minimum absolute atomic E-state index is 0.0447. The molecule has 2 aromatic carbocycles. The molecule has 1 saturated carbocycles. The van der Waals surface area contributed by atoms with Gasteiger partial charge in [-0.2, -0.15) is 0 Å². The summed E-state index contributed by atoms with van der Waals surface area (Å²) >= 11 is 0. The molecule has 0 amide bonds. The first kappa shape index (κ1) is 33.6. The lowest BCUT2D eigenvalue weighted by molar-refractivity contribution is -0.135. The van der Waals surface area contributed by atoms with Crippen molar-refractivity contribution in [3.05, 3.63) is 94.0 Å². The van der Waals surface area contributed by atoms with E-state index in [-0.39, 0.29) is 41.4 Å². The van der Waals surface area contributed by atoms with Gasteiger partial charge in [0.15, 0.2) is 0 Å². The Hall–Kier alpha value is -3.90. The average Bonchev–Trinajstić information content (AvgIpc) is 3.58. The highest BCUT2D eigenvalue weighted by Crippen LogP contribution is 2.72. The van der Waals surface area contributed by atoms with Crippen molar-refractivity contribution >= 4 is 17.5 Å². The van der Waals surface area contributed by atoms with Gasteiger partial charge in [-0.1, -0.05) is 64.8 Å². The molecule has 4 aliphatic carbocycles. The second-order valence-electron chi connectivity index (χ2n) is 15.2. The van der Waals surface area contributed by atoms with Crippen LogP contribution < -0.4 is 5.32 Å². The van der Waals surface area contributed by atoms with Gasteiger partial charge in [-0.15, -0.1) is 0 Å². The zero-order valence-electron chi connectivity index (χ0n) is 29.7. The topological polar surface area (TPSA) is 84.9 Å². The van der Waals surface area contributed by atoms with Crippen LogP contribution in [0.4, 0.5) is 0 Å². The molecule has 0 aromatic heterocycles.